The van der Waals surface area contributed by atoms with Crippen LogP contribution in [0.15, 0.2) is 85.0 Å². The fourth-order valence-electron chi connectivity index (χ4n) is 3.38. The van der Waals surface area contributed by atoms with Crippen LogP contribution >= 0.6 is 0 Å². The van der Waals surface area contributed by atoms with Gasteiger partial charge in [0, 0.05) is 21.8 Å². The van der Waals surface area contributed by atoms with E-state index in [1.54, 1.807) is 0 Å². The highest BCUT2D eigenvalue weighted by Gasteiger charge is 2.08. The molecule has 1 heteroatoms. The number of fused-ring (bicyclic) bond motifs is 3. The molecule has 3 aromatic carbocycles. The van der Waals surface area contributed by atoms with E-state index in [2.05, 4.69) is 71.6 Å². The molecule has 0 saturated carbocycles. The first-order valence-corrected chi connectivity index (χ1v) is 8.70. The molecular formula is C25H19N. The second kappa shape index (κ2) is 6.78. The monoisotopic (exact) mass is 333 g/mol. The smallest absolute Gasteiger partial charge is 0.0465 e. The van der Waals surface area contributed by atoms with E-state index < -0.39 is 0 Å². The van der Waals surface area contributed by atoms with Crippen LogP contribution in [0, 0.1) is 12.3 Å². The zero-order valence-electron chi connectivity index (χ0n) is 14.7. The molecule has 0 aliphatic carbocycles. The molecule has 0 aliphatic heterocycles. The summed E-state index contributed by atoms with van der Waals surface area (Å²) in [6.07, 6.45) is 11.4. The highest BCUT2D eigenvalue weighted by Crippen LogP contribution is 2.32. The van der Waals surface area contributed by atoms with Crippen LogP contribution in [0.3, 0.4) is 0 Å². The van der Waals surface area contributed by atoms with Gasteiger partial charge >= 0.3 is 0 Å². The standard InChI is InChI=1S/C25H19N/c1-3-8-18(9-4-2)20-12-14-24-22(16-20)23-17-21(13-15-25(23)26-24)19-10-6-5-7-11-19/h1,4-17,26H,2H3. The molecule has 0 bridgehead atoms. The summed E-state index contributed by atoms with van der Waals surface area (Å²) >= 11 is 0. The molecule has 1 heterocycles. The van der Waals surface area contributed by atoms with Gasteiger partial charge in [0.15, 0.2) is 0 Å². The Bertz CT molecular complexity index is 1180. The Morgan fingerprint density at radius 3 is 2.35 bits per heavy atom. The fraction of sp³-hybridized carbons (Fsp3) is 0.0400. The highest BCUT2D eigenvalue weighted by atomic mass is 14.7. The van der Waals surface area contributed by atoms with Crippen LogP contribution in [0.4, 0.5) is 0 Å². The summed E-state index contributed by atoms with van der Waals surface area (Å²) in [5, 5.41) is 2.44. The third kappa shape index (κ3) is 2.83. The van der Waals surface area contributed by atoms with E-state index >= 15 is 0 Å². The van der Waals surface area contributed by atoms with Crippen LogP contribution in [0.5, 0.6) is 0 Å². The van der Waals surface area contributed by atoms with Crippen molar-refractivity contribution < 1.29 is 0 Å². The Balaban J connectivity index is 1.93. The Morgan fingerprint density at radius 1 is 0.885 bits per heavy atom. The first kappa shape index (κ1) is 16.0. The molecule has 0 fully saturated rings. The maximum absolute atomic E-state index is 5.50. The number of nitrogens with one attached hydrogen (secondary N) is 1. The van der Waals surface area contributed by atoms with E-state index in [0.29, 0.717) is 0 Å². The molecule has 0 amide bonds. The van der Waals surface area contributed by atoms with Crippen molar-refractivity contribution in [3.05, 3.63) is 90.5 Å². The van der Waals surface area contributed by atoms with Crippen LogP contribution in [-0.2, 0) is 0 Å². The number of benzene rings is 3. The van der Waals surface area contributed by atoms with Gasteiger partial charge in [-0.25, -0.2) is 0 Å². The number of H-pyrrole nitrogens is 1. The van der Waals surface area contributed by atoms with Crippen molar-refractivity contribution in [1.82, 2.24) is 4.98 Å². The molecule has 0 saturated heterocycles. The predicted octanol–water partition coefficient (Wildman–Crippen LogP) is 6.58. The number of allylic oxidation sites excluding steroid dienone is 4. The molecule has 1 nitrogen and oxygen atoms in total. The van der Waals surface area contributed by atoms with Crippen LogP contribution < -0.4 is 0 Å². The molecule has 0 atom stereocenters. The summed E-state index contributed by atoms with van der Waals surface area (Å²) in [5.41, 5.74) is 6.89. The first-order chi connectivity index (χ1) is 12.8. The summed E-state index contributed by atoms with van der Waals surface area (Å²) in [7, 11) is 0. The topological polar surface area (TPSA) is 15.8 Å². The lowest BCUT2D eigenvalue weighted by molar-refractivity contribution is 1.54. The third-order valence-corrected chi connectivity index (χ3v) is 4.62. The second-order valence-electron chi connectivity index (χ2n) is 6.28. The normalized spacial score (nSPS) is 12.1. The molecule has 4 rings (SSSR count). The maximum Gasteiger partial charge on any atom is 0.0465 e. The van der Waals surface area contributed by atoms with Gasteiger partial charge in [0.05, 0.1) is 0 Å². The summed E-state index contributed by atoms with van der Waals surface area (Å²) in [6, 6.07) is 23.5. The largest absolute Gasteiger partial charge is 0.355 e. The molecule has 0 aliphatic rings. The molecule has 0 spiro atoms. The summed E-state index contributed by atoms with van der Waals surface area (Å²) in [4.78, 5) is 3.51. The van der Waals surface area contributed by atoms with E-state index in [1.165, 1.54) is 21.9 Å². The summed E-state index contributed by atoms with van der Waals surface area (Å²) in [5.74, 6) is 2.64. The van der Waals surface area contributed by atoms with E-state index in [1.807, 2.05) is 31.2 Å². The number of aromatic nitrogens is 1. The quantitative estimate of drug-likeness (QED) is 0.322. The average Bonchev–Trinajstić information content (AvgIpc) is 3.05. The van der Waals surface area contributed by atoms with Crippen molar-refractivity contribution in [3.8, 4) is 23.5 Å². The molecule has 0 unspecified atom stereocenters. The minimum absolute atomic E-state index is 1.05. The highest BCUT2D eigenvalue weighted by molar-refractivity contribution is 6.09. The Kier molecular flexibility index (Phi) is 4.17. The number of aromatic amines is 1. The lowest BCUT2D eigenvalue weighted by Gasteiger charge is -2.03. The molecule has 1 N–H and O–H groups in total. The Labute approximate surface area is 153 Å². The van der Waals surface area contributed by atoms with E-state index in [9.17, 15) is 0 Å². The molecule has 1 aromatic heterocycles. The van der Waals surface area contributed by atoms with Crippen LogP contribution in [0.25, 0.3) is 38.5 Å². The lowest BCUT2D eigenvalue weighted by atomic mass is 10.00. The zero-order valence-corrected chi connectivity index (χ0v) is 14.7. The van der Waals surface area contributed by atoms with E-state index in [4.69, 9.17) is 6.42 Å². The third-order valence-electron chi connectivity index (χ3n) is 4.62. The second-order valence-corrected chi connectivity index (χ2v) is 6.28. The lowest BCUT2D eigenvalue weighted by Crippen LogP contribution is -1.81. The van der Waals surface area contributed by atoms with Crippen molar-refractivity contribution in [2.24, 2.45) is 0 Å². The summed E-state index contributed by atoms with van der Waals surface area (Å²) in [6.45, 7) is 2.00. The zero-order chi connectivity index (χ0) is 17.9. The molecule has 26 heavy (non-hydrogen) atoms. The van der Waals surface area contributed by atoms with Gasteiger partial charge < -0.3 is 4.98 Å². The summed E-state index contributed by atoms with van der Waals surface area (Å²) < 4.78 is 0. The van der Waals surface area contributed by atoms with Gasteiger partial charge in [-0.2, -0.15) is 0 Å². The molecule has 4 aromatic rings. The van der Waals surface area contributed by atoms with Crippen molar-refractivity contribution in [3.63, 3.8) is 0 Å². The first-order valence-electron chi connectivity index (χ1n) is 8.70. The minimum Gasteiger partial charge on any atom is -0.355 e. The van der Waals surface area contributed by atoms with Gasteiger partial charge in [-0.15, -0.1) is 6.42 Å². The van der Waals surface area contributed by atoms with Gasteiger partial charge in [0.25, 0.3) is 0 Å². The van der Waals surface area contributed by atoms with Crippen LogP contribution in [0.2, 0.25) is 0 Å². The van der Waals surface area contributed by atoms with Crippen molar-refractivity contribution in [2.75, 3.05) is 0 Å². The van der Waals surface area contributed by atoms with Gasteiger partial charge in [-0.3, -0.25) is 0 Å². The van der Waals surface area contributed by atoms with Gasteiger partial charge in [-0.05, 0) is 59.5 Å². The van der Waals surface area contributed by atoms with Gasteiger partial charge in [0.1, 0.15) is 0 Å². The van der Waals surface area contributed by atoms with Crippen molar-refractivity contribution >= 4 is 27.4 Å². The molecular weight excluding hydrogens is 314 g/mol. The van der Waals surface area contributed by atoms with E-state index in [0.717, 1.165) is 22.2 Å². The minimum atomic E-state index is 1.05. The molecule has 124 valence electrons. The average molecular weight is 333 g/mol. The SMILES string of the molecule is C#CC=C(C=CC)c1ccc2[nH]c3ccc(-c4ccccc4)cc3c2c1. The number of hydrogen-bond acceptors (Lipinski definition) is 0. The van der Waals surface area contributed by atoms with Crippen LogP contribution in [-0.4, -0.2) is 4.98 Å². The Morgan fingerprint density at radius 2 is 1.62 bits per heavy atom. The predicted molar refractivity (Wildman–Crippen MR) is 113 cm³/mol. The number of terminal acetylenes is 1. The number of hydrogen-bond donors (Lipinski definition) is 1. The Hall–Kier alpha value is -3.50. The van der Waals surface area contributed by atoms with E-state index in [-0.39, 0.29) is 0 Å². The molecule has 0 radical (unpaired) electrons. The van der Waals surface area contributed by atoms with Gasteiger partial charge in [-0.1, -0.05) is 60.5 Å². The number of rotatable bonds is 3. The van der Waals surface area contributed by atoms with Crippen molar-refractivity contribution in [1.29, 1.82) is 0 Å². The van der Waals surface area contributed by atoms with Crippen molar-refractivity contribution in [2.45, 2.75) is 6.92 Å². The maximum atomic E-state index is 5.50. The van der Waals surface area contributed by atoms with Gasteiger partial charge in [0.2, 0.25) is 0 Å². The van der Waals surface area contributed by atoms with Crippen LogP contribution in [0.1, 0.15) is 12.5 Å². The fourth-order valence-corrected chi connectivity index (χ4v) is 3.38.